The predicted octanol–water partition coefficient (Wildman–Crippen LogP) is 3.41. The van der Waals surface area contributed by atoms with Gasteiger partial charge in [-0.05, 0) is 31.0 Å². The molecule has 2 rings (SSSR count). The fraction of sp³-hybridized carbons (Fsp3) is 0.533. The minimum Gasteiger partial charge on any atom is -0.395 e. The van der Waals surface area contributed by atoms with Gasteiger partial charge in [-0.25, -0.2) is 0 Å². The number of ketones is 1. The van der Waals surface area contributed by atoms with Crippen molar-refractivity contribution in [1.82, 2.24) is 4.90 Å². The zero-order valence-corrected chi connectivity index (χ0v) is 12.8. The summed E-state index contributed by atoms with van der Waals surface area (Å²) in [7, 11) is 0. The highest BCUT2D eigenvalue weighted by molar-refractivity contribution is 6.36. The van der Waals surface area contributed by atoms with Crippen molar-refractivity contribution in [2.75, 3.05) is 19.7 Å². The molecule has 1 N–H and O–H groups in total. The number of aliphatic hydroxyl groups excluding tert-OH is 1. The molecule has 0 heterocycles. The second kappa shape index (κ2) is 7.41. The zero-order chi connectivity index (χ0) is 14.5. The maximum absolute atomic E-state index is 12.4. The molecule has 20 heavy (non-hydrogen) atoms. The molecule has 0 saturated heterocycles. The van der Waals surface area contributed by atoms with Crippen molar-refractivity contribution in [3.8, 4) is 0 Å². The van der Waals surface area contributed by atoms with Gasteiger partial charge < -0.3 is 5.11 Å². The van der Waals surface area contributed by atoms with Crippen LogP contribution in [-0.2, 0) is 0 Å². The fourth-order valence-electron chi connectivity index (χ4n) is 2.77. The molecule has 1 aliphatic carbocycles. The summed E-state index contributed by atoms with van der Waals surface area (Å²) in [5.74, 6) is -0.0437. The summed E-state index contributed by atoms with van der Waals surface area (Å²) in [6.07, 6.45) is 4.57. The highest BCUT2D eigenvalue weighted by atomic mass is 35.5. The number of carbonyl (C=O) groups is 1. The minimum absolute atomic E-state index is 0.0437. The number of carbonyl (C=O) groups excluding carboxylic acids is 1. The van der Waals surface area contributed by atoms with Gasteiger partial charge in [-0.3, -0.25) is 9.69 Å². The number of hydrogen-bond donors (Lipinski definition) is 1. The number of benzene rings is 1. The van der Waals surface area contributed by atoms with Crippen LogP contribution in [-0.4, -0.2) is 41.5 Å². The Morgan fingerprint density at radius 1 is 1.30 bits per heavy atom. The van der Waals surface area contributed by atoms with E-state index in [0.717, 1.165) is 12.8 Å². The standard InChI is InChI=1S/C15H19Cl2NO2/c16-11-5-6-14(17)13(9-11)15(20)10-18(7-8-19)12-3-1-2-4-12/h5-6,9,12,19H,1-4,7-8,10H2. The molecule has 1 aliphatic rings. The summed E-state index contributed by atoms with van der Waals surface area (Å²) in [5.41, 5.74) is 0.458. The van der Waals surface area contributed by atoms with E-state index in [2.05, 4.69) is 4.90 Å². The van der Waals surface area contributed by atoms with Gasteiger partial charge in [0.1, 0.15) is 0 Å². The summed E-state index contributed by atoms with van der Waals surface area (Å²) in [6, 6.07) is 5.31. The van der Waals surface area contributed by atoms with Crippen LogP contribution in [0.2, 0.25) is 10.0 Å². The molecule has 0 spiro atoms. The molecule has 1 fully saturated rings. The van der Waals surface area contributed by atoms with Crippen LogP contribution in [0, 0.1) is 0 Å². The summed E-state index contributed by atoms with van der Waals surface area (Å²) in [6.45, 7) is 0.868. The van der Waals surface area contributed by atoms with Gasteiger partial charge in [-0.2, -0.15) is 0 Å². The van der Waals surface area contributed by atoms with E-state index in [-0.39, 0.29) is 18.9 Å². The van der Waals surface area contributed by atoms with E-state index in [1.54, 1.807) is 18.2 Å². The molecule has 5 heteroatoms. The third-order valence-electron chi connectivity index (χ3n) is 3.80. The largest absolute Gasteiger partial charge is 0.395 e. The second-order valence-corrected chi connectivity index (χ2v) is 6.02. The fourth-order valence-corrected chi connectivity index (χ4v) is 3.16. The Balaban J connectivity index is 2.09. The Hall–Kier alpha value is -0.610. The lowest BCUT2D eigenvalue weighted by Gasteiger charge is -2.27. The van der Waals surface area contributed by atoms with Crippen LogP contribution in [0.4, 0.5) is 0 Å². The number of aliphatic hydroxyl groups is 1. The van der Waals surface area contributed by atoms with Gasteiger partial charge in [0, 0.05) is 23.2 Å². The Morgan fingerprint density at radius 3 is 2.65 bits per heavy atom. The average Bonchev–Trinajstić information content (AvgIpc) is 2.95. The molecular formula is C15H19Cl2NO2. The Kier molecular flexibility index (Phi) is 5.85. The Labute approximate surface area is 129 Å². The van der Waals surface area contributed by atoms with Crippen LogP contribution >= 0.6 is 23.2 Å². The molecule has 0 bridgehead atoms. The van der Waals surface area contributed by atoms with E-state index in [4.69, 9.17) is 23.2 Å². The van der Waals surface area contributed by atoms with E-state index < -0.39 is 0 Å². The number of hydrogen-bond acceptors (Lipinski definition) is 3. The number of Topliss-reactive ketones (excluding diaryl/α,β-unsaturated/α-hetero) is 1. The lowest BCUT2D eigenvalue weighted by molar-refractivity contribution is 0.0862. The molecule has 110 valence electrons. The molecule has 0 unspecified atom stereocenters. The van der Waals surface area contributed by atoms with Gasteiger partial charge in [0.05, 0.1) is 18.2 Å². The van der Waals surface area contributed by atoms with Crippen LogP contribution in [0.3, 0.4) is 0 Å². The number of halogens is 2. The van der Waals surface area contributed by atoms with Gasteiger partial charge in [-0.1, -0.05) is 36.0 Å². The predicted molar refractivity (Wildman–Crippen MR) is 81.7 cm³/mol. The normalized spacial score (nSPS) is 16.0. The number of rotatable bonds is 6. The van der Waals surface area contributed by atoms with Crippen molar-refractivity contribution >= 4 is 29.0 Å². The van der Waals surface area contributed by atoms with E-state index in [1.165, 1.54) is 12.8 Å². The lowest BCUT2D eigenvalue weighted by atomic mass is 10.1. The third-order valence-corrected chi connectivity index (χ3v) is 4.37. The molecule has 3 nitrogen and oxygen atoms in total. The third kappa shape index (κ3) is 3.95. The summed E-state index contributed by atoms with van der Waals surface area (Å²) in [5, 5.41) is 10.1. The van der Waals surface area contributed by atoms with Crippen molar-refractivity contribution in [2.45, 2.75) is 31.7 Å². The molecule has 1 saturated carbocycles. The van der Waals surface area contributed by atoms with Gasteiger partial charge in [-0.15, -0.1) is 0 Å². The summed E-state index contributed by atoms with van der Waals surface area (Å²) < 4.78 is 0. The first-order chi connectivity index (χ1) is 9.61. The van der Waals surface area contributed by atoms with Crippen LogP contribution in [0.25, 0.3) is 0 Å². The second-order valence-electron chi connectivity index (χ2n) is 5.18. The first-order valence-electron chi connectivity index (χ1n) is 6.95. The van der Waals surface area contributed by atoms with Gasteiger partial charge in [0.2, 0.25) is 0 Å². The van der Waals surface area contributed by atoms with E-state index >= 15 is 0 Å². The molecule has 0 atom stereocenters. The average molecular weight is 316 g/mol. The monoisotopic (exact) mass is 315 g/mol. The van der Waals surface area contributed by atoms with Crippen molar-refractivity contribution in [2.24, 2.45) is 0 Å². The maximum Gasteiger partial charge on any atom is 0.178 e. The summed E-state index contributed by atoms with van der Waals surface area (Å²) in [4.78, 5) is 14.5. The summed E-state index contributed by atoms with van der Waals surface area (Å²) >= 11 is 12.0. The first-order valence-corrected chi connectivity index (χ1v) is 7.70. The maximum atomic E-state index is 12.4. The van der Waals surface area contributed by atoms with Crippen molar-refractivity contribution < 1.29 is 9.90 Å². The van der Waals surface area contributed by atoms with Gasteiger partial charge in [0.25, 0.3) is 0 Å². The van der Waals surface area contributed by atoms with Crippen LogP contribution in [0.1, 0.15) is 36.0 Å². The van der Waals surface area contributed by atoms with Gasteiger partial charge in [0.15, 0.2) is 5.78 Å². The highest BCUT2D eigenvalue weighted by Gasteiger charge is 2.25. The molecular weight excluding hydrogens is 297 g/mol. The number of nitrogens with zero attached hydrogens (tertiary/aromatic N) is 1. The van der Waals surface area contributed by atoms with Crippen molar-refractivity contribution in [3.05, 3.63) is 33.8 Å². The topological polar surface area (TPSA) is 40.5 Å². The van der Waals surface area contributed by atoms with E-state index in [0.29, 0.717) is 28.2 Å². The molecule has 0 aromatic heterocycles. The zero-order valence-electron chi connectivity index (χ0n) is 11.3. The van der Waals surface area contributed by atoms with Crippen LogP contribution in [0.15, 0.2) is 18.2 Å². The molecule has 0 aliphatic heterocycles. The smallest absolute Gasteiger partial charge is 0.178 e. The Morgan fingerprint density at radius 2 is 2.00 bits per heavy atom. The van der Waals surface area contributed by atoms with E-state index in [1.807, 2.05) is 0 Å². The molecule has 0 amide bonds. The lowest BCUT2D eigenvalue weighted by Crippen LogP contribution is -2.39. The quantitative estimate of drug-likeness (QED) is 0.818. The highest BCUT2D eigenvalue weighted by Crippen LogP contribution is 2.25. The molecule has 1 aromatic carbocycles. The Bertz CT molecular complexity index is 473. The minimum atomic E-state index is -0.0437. The SMILES string of the molecule is O=C(CN(CCO)C1CCCC1)c1cc(Cl)ccc1Cl. The van der Waals surface area contributed by atoms with Crippen molar-refractivity contribution in [3.63, 3.8) is 0 Å². The first kappa shape index (κ1) is 15.8. The molecule has 0 radical (unpaired) electrons. The molecule has 1 aromatic rings. The van der Waals surface area contributed by atoms with E-state index in [9.17, 15) is 9.90 Å². The van der Waals surface area contributed by atoms with Gasteiger partial charge >= 0.3 is 0 Å². The van der Waals surface area contributed by atoms with Crippen LogP contribution < -0.4 is 0 Å². The van der Waals surface area contributed by atoms with Crippen molar-refractivity contribution in [1.29, 1.82) is 0 Å². The van der Waals surface area contributed by atoms with Crippen LogP contribution in [0.5, 0.6) is 0 Å².